The summed E-state index contributed by atoms with van der Waals surface area (Å²) in [6, 6.07) is 0. The van der Waals surface area contributed by atoms with Crippen LogP contribution in [-0.2, 0) is 19.1 Å². The van der Waals surface area contributed by atoms with Crippen LogP contribution in [0.25, 0.3) is 4.85 Å². The Hall–Kier alpha value is -2.22. The standard InChI is InChI=1S/C32H43NO4/c1-27(2)23-10-11-32(7)24(30(23,5)18-21(33-8)25(27)35)22(34)16-19-20-17-29(4,26(36)37-9)13-12-28(20,3)14-15-31(19,32)6/h16,18,20,23-24H,10-15,17H2,1-7,9H3/t20-,23-,24+,28+,29-,30-,31+,32+/m0/s1. The van der Waals surface area contributed by atoms with E-state index in [-0.39, 0.29) is 57.2 Å². The van der Waals surface area contributed by atoms with E-state index in [1.54, 1.807) is 0 Å². The molecule has 0 radical (unpaired) electrons. The van der Waals surface area contributed by atoms with Crippen LogP contribution in [0.4, 0.5) is 0 Å². The van der Waals surface area contributed by atoms with Crippen LogP contribution < -0.4 is 0 Å². The smallest absolute Gasteiger partial charge is 0.311 e. The van der Waals surface area contributed by atoms with E-state index in [2.05, 4.69) is 32.5 Å². The monoisotopic (exact) mass is 505 g/mol. The number of hydrogen-bond donors (Lipinski definition) is 0. The van der Waals surface area contributed by atoms with Gasteiger partial charge in [0.15, 0.2) is 11.6 Å². The lowest BCUT2D eigenvalue weighted by molar-refractivity contribution is -0.172. The van der Waals surface area contributed by atoms with E-state index < -0.39 is 16.2 Å². The van der Waals surface area contributed by atoms with Gasteiger partial charge in [-0.25, -0.2) is 4.85 Å². The first-order valence-electron chi connectivity index (χ1n) is 14.0. The average Bonchev–Trinajstić information content (AvgIpc) is 2.83. The van der Waals surface area contributed by atoms with E-state index in [4.69, 9.17) is 11.3 Å². The highest BCUT2D eigenvalue weighted by Gasteiger charge is 2.70. The fourth-order valence-corrected chi connectivity index (χ4v) is 10.2. The summed E-state index contributed by atoms with van der Waals surface area (Å²) in [7, 11) is 1.47. The van der Waals surface area contributed by atoms with Gasteiger partial charge in [-0.1, -0.05) is 53.2 Å². The van der Waals surface area contributed by atoms with E-state index in [0.717, 1.165) is 44.9 Å². The lowest BCUT2D eigenvalue weighted by Crippen LogP contribution is -2.65. The van der Waals surface area contributed by atoms with Crippen LogP contribution in [0.2, 0.25) is 0 Å². The van der Waals surface area contributed by atoms with Crippen molar-refractivity contribution in [2.45, 2.75) is 93.4 Å². The maximum absolute atomic E-state index is 14.3. The molecule has 5 rings (SSSR count). The third-order valence-electron chi connectivity index (χ3n) is 12.7. The van der Waals surface area contributed by atoms with Gasteiger partial charge in [-0.15, -0.1) is 0 Å². The molecule has 5 heteroatoms. The Morgan fingerprint density at radius 2 is 1.65 bits per heavy atom. The Morgan fingerprint density at radius 1 is 1.00 bits per heavy atom. The van der Waals surface area contributed by atoms with Crippen LogP contribution in [0, 0.1) is 56.8 Å². The zero-order valence-electron chi connectivity index (χ0n) is 23.9. The van der Waals surface area contributed by atoms with Crippen molar-refractivity contribution in [1.29, 1.82) is 0 Å². The van der Waals surface area contributed by atoms with E-state index in [1.165, 1.54) is 12.7 Å². The van der Waals surface area contributed by atoms with Crippen molar-refractivity contribution in [2.75, 3.05) is 7.11 Å². The summed E-state index contributed by atoms with van der Waals surface area (Å²) in [6.45, 7) is 22.9. The second kappa shape index (κ2) is 7.67. The van der Waals surface area contributed by atoms with Gasteiger partial charge in [0.2, 0.25) is 5.70 Å². The normalized spacial score (nSPS) is 48.2. The van der Waals surface area contributed by atoms with Crippen molar-refractivity contribution in [1.82, 2.24) is 0 Å². The number of carbonyl (C=O) groups is 3. The zero-order valence-corrected chi connectivity index (χ0v) is 23.9. The number of rotatable bonds is 1. The molecule has 8 atom stereocenters. The summed E-state index contributed by atoms with van der Waals surface area (Å²) in [6.07, 6.45) is 10.2. The molecule has 0 aromatic heterocycles. The van der Waals surface area contributed by atoms with Gasteiger partial charge >= 0.3 is 5.97 Å². The summed E-state index contributed by atoms with van der Waals surface area (Å²) in [5.74, 6) is -0.191. The molecule has 0 bridgehead atoms. The van der Waals surface area contributed by atoms with Gasteiger partial charge in [0.05, 0.1) is 19.1 Å². The molecule has 3 fully saturated rings. The molecule has 0 aliphatic heterocycles. The van der Waals surface area contributed by atoms with Crippen molar-refractivity contribution in [3.8, 4) is 0 Å². The Labute approximate surface area is 222 Å². The Morgan fingerprint density at radius 3 is 2.27 bits per heavy atom. The van der Waals surface area contributed by atoms with Crippen LogP contribution in [0.3, 0.4) is 0 Å². The molecule has 5 aliphatic carbocycles. The highest BCUT2D eigenvalue weighted by Crippen LogP contribution is 2.74. The lowest BCUT2D eigenvalue weighted by atomic mass is 9.34. The van der Waals surface area contributed by atoms with Crippen molar-refractivity contribution in [2.24, 2.45) is 50.2 Å². The van der Waals surface area contributed by atoms with Gasteiger partial charge < -0.3 is 9.53 Å². The molecule has 0 aromatic rings. The molecule has 0 amide bonds. The molecule has 37 heavy (non-hydrogen) atoms. The van der Waals surface area contributed by atoms with E-state index in [9.17, 15) is 14.4 Å². The van der Waals surface area contributed by atoms with Gasteiger partial charge in [-0.05, 0) is 91.4 Å². The minimum Gasteiger partial charge on any atom is -0.469 e. The first-order chi connectivity index (χ1) is 17.0. The highest BCUT2D eigenvalue weighted by molar-refractivity contribution is 6.03. The van der Waals surface area contributed by atoms with Crippen molar-refractivity contribution in [3.63, 3.8) is 0 Å². The summed E-state index contributed by atoms with van der Waals surface area (Å²) in [4.78, 5) is 44.0. The van der Waals surface area contributed by atoms with E-state index >= 15 is 0 Å². The fraction of sp³-hybridized carbons (Fsp3) is 0.750. The van der Waals surface area contributed by atoms with Crippen molar-refractivity contribution < 1.29 is 19.1 Å². The molecular formula is C32H43NO4. The van der Waals surface area contributed by atoms with Gasteiger partial charge in [0.25, 0.3) is 0 Å². The Kier molecular flexibility index (Phi) is 5.47. The number of Topliss-reactive ketones (excluding diaryl/α,β-unsaturated/α-hetero) is 1. The highest BCUT2D eigenvalue weighted by atomic mass is 16.5. The molecule has 5 aliphatic rings. The third-order valence-corrected chi connectivity index (χ3v) is 12.7. The molecule has 0 saturated heterocycles. The first-order valence-corrected chi connectivity index (χ1v) is 14.0. The van der Waals surface area contributed by atoms with Gasteiger partial charge in [0, 0.05) is 11.3 Å². The molecule has 0 aromatic carbocycles. The predicted octanol–water partition coefficient (Wildman–Crippen LogP) is 6.73. The van der Waals surface area contributed by atoms with Gasteiger partial charge in [-0.2, -0.15) is 0 Å². The largest absolute Gasteiger partial charge is 0.469 e. The second-order valence-electron chi connectivity index (χ2n) is 14.8. The van der Waals surface area contributed by atoms with E-state index in [0.29, 0.717) is 0 Å². The number of allylic oxidation sites excluding steroid dienone is 4. The second-order valence-corrected chi connectivity index (χ2v) is 14.8. The molecule has 0 N–H and O–H groups in total. The summed E-state index contributed by atoms with van der Waals surface area (Å²) in [5, 5.41) is 0. The Balaban J connectivity index is 1.67. The van der Waals surface area contributed by atoms with E-state index in [1.807, 2.05) is 32.9 Å². The van der Waals surface area contributed by atoms with Crippen LogP contribution in [-0.4, -0.2) is 24.6 Å². The van der Waals surface area contributed by atoms with Crippen molar-refractivity contribution in [3.05, 3.63) is 34.8 Å². The summed E-state index contributed by atoms with van der Waals surface area (Å²) >= 11 is 0. The van der Waals surface area contributed by atoms with Crippen molar-refractivity contribution >= 4 is 17.5 Å². The number of fused-ring (bicyclic) bond motifs is 7. The minimum absolute atomic E-state index is 0.0183. The molecule has 0 unspecified atom stereocenters. The average molecular weight is 506 g/mol. The summed E-state index contributed by atoms with van der Waals surface area (Å²) < 4.78 is 5.23. The number of esters is 1. The lowest BCUT2D eigenvalue weighted by Gasteiger charge is -2.69. The molecule has 0 heterocycles. The number of hydrogen-bond acceptors (Lipinski definition) is 4. The number of ether oxygens (including phenoxy) is 1. The molecular weight excluding hydrogens is 462 g/mol. The number of methoxy groups -OCH3 is 1. The Bertz CT molecular complexity index is 1200. The van der Waals surface area contributed by atoms with Crippen LogP contribution >= 0.6 is 0 Å². The van der Waals surface area contributed by atoms with Gasteiger partial charge in [0.1, 0.15) is 0 Å². The number of ketones is 2. The summed E-state index contributed by atoms with van der Waals surface area (Å²) in [5.41, 5.74) is -0.743. The molecule has 5 nitrogen and oxygen atoms in total. The van der Waals surface area contributed by atoms with Gasteiger partial charge in [-0.3, -0.25) is 9.59 Å². The molecule has 0 spiro atoms. The maximum Gasteiger partial charge on any atom is 0.311 e. The molecule has 200 valence electrons. The predicted molar refractivity (Wildman–Crippen MR) is 142 cm³/mol. The van der Waals surface area contributed by atoms with Crippen LogP contribution in [0.15, 0.2) is 23.4 Å². The first kappa shape index (κ1) is 26.4. The number of nitrogens with zero attached hydrogens (tertiary/aromatic N) is 1. The topological polar surface area (TPSA) is 64.8 Å². The minimum atomic E-state index is -0.674. The van der Waals surface area contributed by atoms with Crippen LogP contribution in [0.1, 0.15) is 93.4 Å². The van der Waals surface area contributed by atoms with Crippen LogP contribution in [0.5, 0.6) is 0 Å². The SMILES string of the molecule is [C-]#[N+]C1=C[C@]2(C)[C@H]3C(=O)C=C4[C@@H]5C[C@@](C)(C(=O)OC)CC[C@]5(C)CC[C@@]4(C)[C@]3(C)CC[C@H]2C(C)(C)C1=O. The third kappa shape index (κ3) is 3.11. The number of carbonyl (C=O) groups excluding carboxylic acids is 3. The quantitative estimate of drug-likeness (QED) is 0.293. The fourth-order valence-electron chi connectivity index (χ4n) is 10.2. The zero-order chi connectivity index (χ0) is 27.4. The maximum atomic E-state index is 14.3. The molecule has 3 saturated carbocycles.